The van der Waals surface area contributed by atoms with Crippen LogP contribution in [-0.2, 0) is 6.42 Å². The highest BCUT2D eigenvalue weighted by Crippen LogP contribution is 2.35. The Morgan fingerprint density at radius 3 is 2.76 bits per heavy atom. The number of Topliss-reactive ketones (excluding diaryl/α,β-unsaturated/α-hetero) is 1. The first-order chi connectivity index (χ1) is 7.87. The van der Waals surface area contributed by atoms with Gasteiger partial charge in [-0.3, -0.25) is 4.79 Å². The van der Waals surface area contributed by atoms with Crippen LogP contribution in [0, 0.1) is 0 Å². The van der Waals surface area contributed by atoms with Crippen LogP contribution in [0.4, 0.5) is 13.2 Å². The molecule has 2 nitrogen and oxygen atoms in total. The number of carbonyl (C=O) groups excluding carboxylic acids is 1. The van der Waals surface area contributed by atoms with Crippen LogP contribution in [0.1, 0.15) is 22.3 Å². The molecule has 1 aromatic rings. The van der Waals surface area contributed by atoms with E-state index < -0.39 is 18.4 Å². The van der Waals surface area contributed by atoms with E-state index >= 15 is 0 Å². The molecular formula is C11H8BrF3O2. The second-order valence-electron chi connectivity index (χ2n) is 3.76. The Kier molecular flexibility index (Phi) is 3.16. The smallest absolute Gasteiger partial charge is 0.396 e. The van der Waals surface area contributed by atoms with Gasteiger partial charge in [0.25, 0.3) is 0 Å². The van der Waals surface area contributed by atoms with E-state index in [0.29, 0.717) is 23.2 Å². The van der Waals surface area contributed by atoms with Gasteiger partial charge in [-0.05, 0) is 17.7 Å². The summed E-state index contributed by atoms with van der Waals surface area (Å²) < 4.78 is 42.3. The predicted octanol–water partition coefficient (Wildman–Crippen LogP) is 3.52. The Morgan fingerprint density at radius 2 is 2.12 bits per heavy atom. The van der Waals surface area contributed by atoms with E-state index in [1.54, 1.807) is 6.07 Å². The molecule has 1 aromatic carbocycles. The first-order valence-electron chi connectivity index (χ1n) is 4.92. The lowest BCUT2D eigenvalue weighted by molar-refractivity contribution is -0.125. The molecule has 0 radical (unpaired) electrons. The van der Waals surface area contributed by atoms with Crippen LogP contribution in [0.25, 0.3) is 0 Å². The summed E-state index contributed by atoms with van der Waals surface area (Å²) in [5.74, 6) is -0.667. The van der Waals surface area contributed by atoms with Gasteiger partial charge in [-0.1, -0.05) is 15.9 Å². The van der Waals surface area contributed by atoms with Crippen molar-refractivity contribution < 1.29 is 22.7 Å². The molecule has 0 N–H and O–H groups in total. The van der Waals surface area contributed by atoms with E-state index in [2.05, 4.69) is 15.9 Å². The maximum Gasteiger partial charge on any atom is 0.396 e. The van der Waals surface area contributed by atoms with Crippen LogP contribution in [0.2, 0.25) is 0 Å². The van der Waals surface area contributed by atoms with Gasteiger partial charge in [-0.15, -0.1) is 0 Å². The zero-order valence-electron chi connectivity index (χ0n) is 8.60. The molecule has 0 saturated heterocycles. The maximum absolute atomic E-state index is 12.2. The van der Waals surface area contributed by atoms with E-state index in [-0.39, 0.29) is 5.56 Å². The molecule has 1 aliphatic heterocycles. The summed E-state index contributed by atoms with van der Waals surface area (Å²) in [6.45, 7) is 0.401. The minimum absolute atomic E-state index is 0.00389. The van der Waals surface area contributed by atoms with Crippen molar-refractivity contribution in [3.63, 3.8) is 0 Å². The minimum atomic E-state index is -4.50. The van der Waals surface area contributed by atoms with Crippen molar-refractivity contribution in [2.45, 2.75) is 19.0 Å². The summed E-state index contributed by atoms with van der Waals surface area (Å²) in [6, 6.07) is 3.13. The zero-order valence-corrected chi connectivity index (χ0v) is 10.2. The highest BCUT2D eigenvalue weighted by molar-refractivity contribution is 9.10. The molecule has 17 heavy (non-hydrogen) atoms. The van der Waals surface area contributed by atoms with E-state index in [4.69, 9.17) is 4.74 Å². The number of fused-ring (bicyclic) bond motifs is 1. The van der Waals surface area contributed by atoms with Crippen molar-refractivity contribution in [3.05, 3.63) is 27.7 Å². The molecule has 0 atom stereocenters. The molecule has 1 heterocycles. The number of ketones is 1. The molecule has 0 unspecified atom stereocenters. The van der Waals surface area contributed by atoms with Gasteiger partial charge in [-0.2, -0.15) is 13.2 Å². The van der Waals surface area contributed by atoms with Gasteiger partial charge < -0.3 is 4.74 Å². The maximum atomic E-state index is 12.2. The van der Waals surface area contributed by atoms with Crippen molar-refractivity contribution in [1.29, 1.82) is 0 Å². The Morgan fingerprint density at radius 1 is 1.41 bits per heavy atom. The van der Waals surface area contributed by atoms with Crippen molar-refractivity contribution in [2.75, 3.05) is 6.61 Å². The van der Waals surface area contributed by atoms with Gasteiger partial charge in [-0.25, -0.2) is 0 Å². The Hall–Kier alpha value is -1.04. The highest BCUT2D eigenvalue weighted by atomic mass is 79.9. The van der Waals surface area contributed by atoms with Gasteiger partial charge in [0.05, 0.1) is 12.2 Å². The molecule has 92 valence electrons. The quantitative estimate of drug-likeness (QED) is 0.781. The fourth-order valence-electron chi connectivity index (χ4n) is 1.75. The van der Waals surface area contributed by atoms with Crippen molar-refractivity contribution >= 4 is 21.7 Å². The summed E-state index contributed by atoms with van der Waals surface area (Å²) in [6.07, 6.45) is -5.34. The van der Waals surface area contributed by atoms with Gasteiger partial charge in [0.1, 0.15) is 12.2 Å². The van der Waals surface area contributed by atoms with Crippen molar-refractivity contribution in [1.82, 2.24) is 0 Å². The Balaban J connectivity index is 2.36. The number of hydrogen-bond acceptors (Lipinski definition) is 2. The topological polar surface area (TPSA) is 26.3 Å². The van der Waals surface area contributed by atoms with Gasteiger partial charge >= 0.3 is 6.18 Å². The van der Waals surface area contributed by atoms with Gasteiger partial charge in [0.15, 0.2) is 5.78 Å². The molecule has 0 spiro atoms. The van der Waals surface area contributed by atoms with E-state index in [1.807, 2.05) is 0 Å². The summed E-state index contributed by atoms with van der Waals surface area (Å²) >= 11 is 3.17. The molecule has 6 heteroatoms. The first kappa shape index (κ1) is 12.4. The van der Waals surface area contributed by atoms with Gasteiger partial charge in [0.2, 0.25) is 0 Å². The average molecular weight is 309 g/mol. The van der Waals surface area contributed by atoms with E-state index in [0.717, 1.165) is 5.56 Å². The third-order valence-corrected chi connectivity index (χ3v) is 2.87. The molecule has 2 rings (SSSR count). The molecule has 0 amide bonds. The molecular weight excluding hydrogens is 301 g/mol. The highest BCUT2D eigenvalue weighted by Gasteiger charge is 2.33. The lowest BCUT2D eigenvalue weighted by atomic mass is 10.0. The minimum Gasteiger partial charge on any atom is -0.492 e. The summed E-state index contributed by atoms with van der Waals surface area (Å²) in [5, 5.41) is 0. The van der Waals surface area contributed by atoms with Crippen LogP contribution in [0.3, 0.4) is 0 Å². The van der Waals surface area contributed by atoms with Crippen LogP contribution >= 0.6 is 15.9 Å². The molecule has 0 aromatic heterocycles. The van der Waals surface area contributed by atoms with Crippen LogP contribution in [-0.4, -0.2) is 18.6 Å². The largest absolute Gasteiger partial charge is 0.492 e. The van der Waals surface area contributed by atoms with E-state index in [9.17, 15) is 18.0 Å². The van der Waals surface area contributed by atoms with Crippen molar-refractivity contribution in [2.24, 2.45) is 0 Å². The molecule has 0 fully saturated rings. The molecule has 0 saturated carbocycles. The number of halogens is 4. The lowest BCUT2D eigenvalue weighted by Crippen LogP contribution is -2.15. The summed E-state index contributed by atoms with van der Waals surface area (Å²) in [4.78, 5) is 11.6. The average Bonchev–Trinajstić information content (AvgIpc) is 2.60. The molecule has 0 bridgehead atoms. The number of alkyl halides is 3. The van der Waals surface area contributed by atoms with Crippen molar-refractivity contribution in [3.8, 4) is 5.75 Å². The number of carbonyl (C=O) groups is 1. The third kappa shape index (κ3) is 2.80. The fraction of sp³-hybridized carbons (Fsp3) is 0.364. The standard InChI is InChI=1S/C11H8BrF3O2/c12-7-3-6-1-2-17-10(6)8(4-7)9(16)5-11(13,14)15/h3-4H,1-2,5H2. The van der Waals surface area contributed by atoms with Gasteiger partial charge in [0, 0.05) is 10.9 Å². The molecule has 1 aliphatic rings. The number of ether oxygens (including phenoxy) is 1. The molecule has 0 aliphatic carbocycles. The predicted molar refractivity (Wildman–Crippen MR) is 58.3 cm³/mol. The summed E-state index contributed by atoms with van der Waals surface area (Å²) in [5.41, 5.74) is 0.772. The zero-order chi connectivity index (χ0) is 12.6. The van der Waals surface area contributed by atoms with Crippen LogP contribution in [0.5, 0.6) is 5.75 Å². The number of rotatable bonds is 2. The lowest BCUT2D eigenvalue weighted by Gasteiger charge is -2.09. The summed E-state index contributed by atoms with van der Waals surface area (Å²) in [7, 11) is 0. The Labute approximate surface area is 104 Å². The van der Waals surface area contributed by atoms with Crippen LogP contribution in [0.15, 0.2) is 16.6 Å². The first-order valence-corrected chi connectivity index (χ1v) is 5.71. The normalized spacial score (nSPS) is 14.4. The van der Waals surface area contributed by atoms with Crippen LogP contribution < -0.4 is 4.74 Å². The second-order valence-corrected chi connectivity index (χ2v) is 4.67. The Bertz CT molecular complexity index is 469. The third-order valence-electron chi connectivity index (χ3n) is 2.41. The number of benzene rings is 1. The monoisotopic (exact) mass is 308 g/mol. The number of hydrogen-bond donors (Lipinski definition) is 0. The second kappa shape index (κ2) is 4.33. The SMILES string of the molecule is O=C(CC(F)(F)F)c1cc(Br)cc2c1OCC2. The fourth-order valence-corrected chi connectivity index (χ4v) is 2.26. The van der Waals surface area contributed by atoms with E-state index in [1.165, 1.54) is 6.07 Å².